The second-order valence-electron chi connectivity index (χ2n) is 6.67. The maximum absolute atomic E-state index is 2.66. The number of rotatable bonds is 3. The monoisotopic (exact) mass is 277 g/mol. The van der Waals surface area contributed by atoms with Gasteiger partial charge in [-0.1, -0.05) is 54.6 Å². The Morgan fingerprint density at radius 1 is 0.810 bits per heavy atom. The summed E-state index contributed by atoms with van der Waals surface area (Å²) in [6.45, 7) is 4.01. The van der Waals surface area contributed by atoms with Gasteiger partial charge in [0, 0.05) is 6.54 Å². The largest absolute Gasteiger partial charge is 0.303 e. The van der Waals surface area contributed by atoms with Gasteiger partial charge in [0.25, 0.3) is 0 Å². The minimum Gasteiger partial charge on any atom is -0.303 e. The molecule has 0 amide bonds. The van der Waals surface area contributed by atoms with Crippen molar-refractivity contribution in [1.82, 2.24) is 4.90 Å². The molecule has 0 saturated carbocycles. The first kappa shape index (κ1) is 13.1. The zero-order valence-electron chi connectivity index (χ0n) is 12.5. The van der Waals surface area contributed by atoms with Crippen molar-refractivity contribution in [2.75, 3.05) is 19.6 Å². The van der Waals surface area contributed by atoms with Gasteiger partial charge >= 0.3 is 0 Å². The molecule has 2 aromatic rings. The van der Waals surface area contributed by atoms with Crippen LogP contribution in [0.2, 0.25) is 0 Å². The molecule has 3 heterocycles. The predicted octanol–water partition coefficient (Wildman–Crippen LogP) is 4.24. The van der Waals surface area contributed by atoms with Gasteiger partial charge in [0.1, 0.15) is 0 Å². The Labute approximate surface area is 127 Å². The maximum atomic E-state index is 2.66. The van der Waals surface area contributed by atoms with Crippen molar-refractivity contribution < 1.29 is 0 Å². The van der Waals surface area contributed by atoms with Crippen LogP contribution >= 0.6 is 0 Å². The summed E-state index contributed by atoms with van der Waals surface area (Å²) in [4.78, 5) is 2.66. The van der Waals surface area contributed by atoms with E-state index in [4.69, 9.17) is 0 Å². The highest BCUT2D eigenvalue weighted by Gasteiger charge is 2.33. The van der Waals surface area contributed by atoms with Gasteiger partial charge in [-0.15, -0.1) is 0 Å². The molecular weight excluding hydrogens is 254 g/mol. The molecular formula is C20H23N. The van der Waals surface area contributed by atoms with E-state index in [-0.39, 0.29) is 0 Å². The molecule has 5 rings (SSSR count). The predicted molar refractivity (Wildman–Crippen MR) is 88.2 cm³/mol. The lowest BCUT2D eigenvalue weighted by atomic mass is 9.76. The van der Waals surface area contributed by atoms with Crippen molar-refractivity contribution in [2.45, 2.75) is 19.3 Å². The summed E-state index contributed by atoms with van der Waals surface area (Å²) in [7, 11) is 0. The Bertz CT molecular complexity index is 579. The lowest BCUT2D eigenvalue weighted by Crippen LogP contribution is -2.48. The van der Waals surface area contributed by atoms with E-state index >= 15 is 0 Å². The minimum absolute atomic E-state index is 0.884. The highest BCUT2D eigenvalue weighted by Crippen LogP contribution is 2.34. The Morgan fingerprint density at radius 2 is 1.48 bits per heavy atom. The standard InChI is InChI=1S/C20H23N/c1-2-4-17(5-3-1)18-8-6-16(7-9-18)14-20-15-21-12-10-19(20)11-13-21/h1-9,19-20H,10-15H2/t20-/m1/s1. The summed E-state index contributed by atoms with van der Waals surface area (Å²) in [6.07, 6.45) is 4.11. The smallest absolute Gasteiger partial charge is 0.00155 e. The molecule has 0 spiro atoms. The number of hydrogen-bond donors (Lipinski definition) is 0. The number of benzene rings is 2. The van der Waals surface area contributed by atoms with Gasteiger partial charge in [-0.05, 0) is 60.9 Å². The van der Waals surface area contributed by atoms with Gasteiger partial charge in [-0.2, -0.15) is 0 Å². The molecule has 1 nitrogen and oxygen atoms in total. The molecule has 108 valence electrons. The van der Waals surface area contributed by atoms with E-state index in [1.807, 2.05) is 0 Å². The lowest BCUT2D eigenvalue weighted by molar-refractivity contribution is 0.0512. The molecule has 3 aliphatic rings. The lowest BCUT2D eigenvalue weighted by Gasteiger charge is -2.45. The van der Waals surface area contributed by atoms with Crippen LogP contribution in [0.15, 0.2) is 54.6 Å². The van der Waals surface area contributed by atoms with E-state index in [2.05, 4.69) is 59.5 Å². The van der Waals surface area contributed by atoms with Crippen molar-refractivity contribution >= 4 is 0 Å². The Morgan fingerprint density at radius 3 is 2.10 bits per heavy atom. The van der Waals surface area contributed by atoms with Crippen LogP contribution in [-0.4, -0.2) is 24.5 Å². The van der Waals surface area contributed by atoms with Gasteiger partial charge in [-0.25, -0.2) is 0 Å². The Hall–Kier alpha value is -1.60. The van der Waals surface area contributed by atoms with Crippen LogP contribution in [0.25, 0.3) is 11.1 Å². The fraction of sp³-hybridized carbons (Fsp3) is 0.400. The zero-order chi connectivity index (χ0) is 14.1. The van der Waals surface area contributed by atoms with Gasteiger partial charge in [-0.3, -0.25) is 0 Å². The molecule has 3 saturated heterocycles. The molecule has 0 aromatic heterocycles. The van der Waals surface area contributed by atoms with E-state index in [1.165, 1.54) is 55.6 Å². The van der Waals surface area contributed by atoms with Crippen LogP contribution in [-0.2, 0) is 6.42 Å². The third-order valence-electron chi connectivity index (χ3n) is 5.35. The Kier molecular flexibility index (Phi) is 3.52. The fourth-order valence-electron chi connectivity index (χ4n) is 4.09. The molecule has 0 unspecified atom stereocenters. The number of fused-ring (bicyclic) bond motifs is 3. The molecule has 0 aliphatic carbocycles. The van der Waals surface area contributed by atoms with Crippen molar-refractivity contribution in [3.63, 3.8) is 0 Å². The van der Waals surface area contributed by atoms with Crippen LogP contribution in [0.5, 0.6) is 0 Å². The number of hydrogen-bond acceptors (Lipinski definition) is 1. The summed E-state index contributed by atoms with van der Waals surface area (Å²) < 4.78 is 0. The second-order valence-corrected chi connectivity index (χ2v) is 6.67. The van der Waals surface area contributed by atoms with E-state index in [0.29, 0.717) is 0 Å². The third-order valence-corrected chi connectivity index (χ3v) is 5.35. The van der Waals surface area contributed by atoms with Gasteiger partial charge in [0.2, 0.25) is 0 Å². The molecule has 1 atom stereocenters. The van der Waals surface area contributed by atoms with Gasteiger partial charge in [0.15, 0.2) is 0 Å². The first-order chi connectivity index (χ1) is 10.4. The van der Waals surface area contributed by atoms with Crippen LogP contribution < -0.4 is 0 Å². The van der Waals surface area contributed by atoms with Gasteiger partial charge < -0.3 is 4.90 Å². The summed E-state index contributed by atoms with van der Waals surface area (Å²) in [5.74, 6) is 1.86. The summed E-state index contributed by atoms with van der Waals surface area (Å²) >= 11 is 0. The summed E-state index contributed by atoms with van der Waals surface area (Å²) in [6, 6.07) is 19.9. The highest BCUT2D eigenvalue weighted by atomic mass is 15.1. The second kappa shape index (κ2) is 5.65. The topological polar surface area (TPSA) is 3.24 Å². The minimum atomic E-state index is 0.884. The molecule has 2 bridgehead atoms. The van der Waals surface area contributed by atoms with E-state index in [9.17, 15) is 0 Å². The average molecular weight is 277 g/mol. The summed E-state index contributed by atoms with van der Waals surface area (Å²) in [5.41, 5.74) is 4.15. The number of nitrogens with zero attached hydrogens (tertiary/aromatic N) is 1. The zero-order valence-corrected chi connectivity index (χ0v) is 12.5. The molecule has 0 N–H and O–H groups in total. The molecule has 21 heavy (non-hydrogen) atoms. The van der Waals surface area contributed by atoms with Crippen LogP contribution in [0, 0.1) is 11.8 Å². The molecule has 3 aliphatic heterocycles. The van der Waals surface area contributed by atoms with Crippen molar-refractivity contribution in [3.05, 3.63) is 60.2 Å². The first-order valence-corrected chi connectivity index (χ1v) is 8.25. The normalized spacial score (nSPS) is 27.7. The Balaban J connectivity index is 1.47. The van der Waals surface area contributed by atoms with E-state index < -0.39 is 0 Å². The SMILES string of the molecule is c1ccc(-c2ccc(C[C@@H]3CN4CCC3CC4)cc2)cc1. The third kappa shape index (κ3) is 2.75. The molecule has 3 fully saturated rings. The van der Waals surface area contributed by atoms with Crippen molar-refractivity contribution in [1.29, 1.82) is 0 Å². The summed E-state index contributed by atoms with van der Waals surface area (Å²) in [5, 5.41) is 0. The number of piperidine rings is 3. The average Bonchev–Trinajstić information content (AvgIpc) is 2.57. The van der Waals surface area contributed by atoms with Crippen LogP contribution in [0.1, 0.15) is 18.4 Å². The first-order valence-electron chi connectivity index (χ1n) is 8.25. The quantitative estimate of drug-likeness (QED) is 0.811. The van der Waals surface area contributed by atoms with Crippen molar-refractivity contribution in [3.8, 4) is 11.1 Å². The van der Waals surface area contributed by atoms with Crippen LogP contribution in [0.3, 0.4) is 0 Å². The maximum Gasteiger partial charge on any atom is 0.00155 e. The van der Waals surface area contributed by atoms with Crippen LogP contribution in [0.4, 0.5) is 0 Å². The van der Waals surface area contributed by atoms with Gasteiger partial charge in [0.05, 0.1) is 0 Å². The van der Waals surface area contributed by atoms with E-state index in [0.717, 1.165) is 11.8 Å². The molecule has 2 aromatic carbocycles. The fourth-order valence-corrected chi connectivity index (χ4v) is 4.09. The van der Waals surface area contributed by atoms with E-state index in [1.54, 1.807) is 0 Å². The molecule has 0 radical (unpaired) electrons. The highest BCUT2D eigenvalue weighted by molar-refractivity contribution is 5.63. The molecule has 1 heteroatoms. The van der Waals surface area contributed by atoms with Crippen molar-refractivity contribution in [2.24, 2.45) is 11.8 Å².